The summed E-state index contributed by atoms with van der Waals surface area (Å²) < 4.78 is 0. The number of nitro benzene ring substituents is 1. The molecular weight excluding hydrogens is 384 g/mol. The summed E-state index contributed by atoms with van der Waals surface area (Å²) in [6.07, 6.45) is 0.150. The van der Waals surface area contributed by atoms with Crippen LogP contribution >= 0.6 is 0 Å². The van der Waals surface area contributed by atoms with Gasteiger partial charge in [-0.05, 0) is 29.2 Å². The maximum Gasteiger partial charge on any atom is 0.292 e. The molecule has 160 valence electrons. The largest absolute Gasteiger partial charge is 0.378 e. The van der Waals surface area contributed by atoms with E-state index in [2.05, 4.69) is 36.7 Å². The van der Waals surface area contributed by atoms with Crippen LogP contribution in [0, 0.1) is 10.1 Å². The Hall–Kier alpha value is -3.42. The monoisotopic (exact) mass is 412 g/mol. The molecule has 8 nitrogen and oxygen atoms in total. The Balaban J connectivity index is 1.68. The van der Waals surface area contributed by atoms with Gasteiger partial charge < -0.3 is 16.0 Å². The standard InChI is InChI=1S/C22H28N4O4/c1-22(2,3)17-10-8-16(9-11-17)21(28)25-13-12-20(27)24-15-14-23-18-6-4-5-7-19(18)26(29)30/h4-11,23H,12-15H2,1-3H3,(H,24,27)(H,25,28). The van der Waals surface area contributed by atoms with Gasteiger partial charge in [-0.25, -0.2) is 0 Å². The molecule has 2 rings (SSSR count). The summed E-state index contributed by atoms with van der Waals surface area (Å²) in [5, 5.41) is 19.3. The summed E-state index contributed by atoms with van der Waals surface area (Å²) in [7, 11) is 0. The Morgan fingerprint density at radius 1 is 0.933 bits per heavy atom. The fourth-order valence-electron chi connectivity index (χ4n) is 2.78. The smallest absolute Gasteiger partial charge is 0.292 e. The van der Waals surface area contributed by atoms with E-state index in [9.17, 15) is 19.7 Å². The number of carbonyl (C=O) groups excluding carboxylic acids is 2. The minimum absolute atomic E-state index is 0.0120. The molecule has 0 aliphatic carbocycles. The Morgan fingerprint density at radius 3 is 2.23 bits per heavy atom. The molecule has 2 aromatic rings. The van der Waals surface area contributed by atoms with Gasteiger partial charge in [-0.15, -0.1) is 0 Å². The molecule has 2 amide bonds. The third-order valence-electron chi connectivity index (χ3n) is 4.51. The van der Waals surface area contributed by atoms with Crippen LogP contribution in [0.25, 0.3) is 0 Å². The predicted molar refractivity (Wildman–Crippen MR) is 117 cm³/mol. The van der Waals surface area contributed by atoms with E-state index in [1.807, 2.05) is 12.1 Å². The van der Waals surface area contributed by atoms with Gasteiger partial charge in [0.05, 0.1) is 4.92 Å². The molecule has 0 bridgehead atoms. The van der Waals surface area contributed by atoms with Crippen LogP contribution in [0.2, 0.25) is 0 Å². The van der Waals surface area contributed by atoms with E-state index in [0.717, 1.165) is 5.56 Å². The molecule has 0 heterocycles. The fraction of sp³-hybridized carbons (Fsp3) is 0.364. The van der Waals surface area contributed by atoms with Crippen molar-refractivity contribution < 1.29 is 14.5 Å². The molecule has 0 fully saturated rings. The summed E-state index contributed by atoms with van der Waals surface area (Å²) in [5.41, 5.74) is 2.11. The lowest BCUT2D eigenvalue weighted by atomic mass is 9.87. The number of carbonyl (C=O) groups is 2. The normalized spacial score (nSPS) is 10.9. The number of para-hydroxylation sites is 2. The zero-order chi connectivity index (χ0) is 22.1. The minimum atomic E-state index is -0.458. The minimum Gasteiger partial charge on any atom is -0.378 e. The van der Waals surface area contributed by atoms with Gasteiger partial charge in [-0.3, -0.25) is 19.7 Å². The number of rotatable bonds is 9. The molecule has 8 heteroatoms. The maximum atomic E-state index is 12.2. The Morgan fingerprint density at radius 2 is 1.60 bits per heavy atom. The summed E-state index contributed by atoms with van der Waals surface area (Å²) >= 11 is 0. The van der Waals surface area contributed by atoms with Crippen molar-refractivity contribution in [2.45, 2.75) is 32.6 Å². The van der Waals surface area contributed by atoms with Crippen molar-refractivity contribution in [2.24, 2.45) is 0 Å². The second-order valence-electron chi connectivity index (χ2n) is 7.88. The molecule has 0 aromatic heterocycles. The number of benzene rings is 2. The fourth-order valence-corrected chi connectivity index (χ4v) is 2.78. The Bertz CT molecular complexity index is 889. The van der Waals surface area contributed by atoms with Crippen LogP contribution in [-0.2, 0) is 10.2 Å². The van der Waals surface area contributed by atoms with Crippen molar-refractivity contribution in [3.05, 3.63) is 69.8 Å². The third kappa shape index (κ3) is 6.88. The molecule has 0 spiro atoms. The van der Waals surface area contributed by atoms with Gasteiger partial charge in [-0.1, -0.05) is 45.0 Å². The van der Waals surface area contributed by atoms with Crippen molar-refractivity contribution >= 4 is 23.2 Å². The van der Waals surface area contributed by atoms with Crippen molar-refractivity contribution in [1.29, 1.82) is 0 Å². The van der Waals surface area contributed by atoms with E-state index >= 15 is 0 Å². The number of anilines is 1. The lowest BCUT2D eigenvalue weighted by Gasteiger charge is -2.19. The summed E-state index contributed by atoms with van der Waals surface area (Å²) in [5.74, 6) is -0.427. The van der Waals surface area contributed by atoms with Crippen molar-refractivity contribution in [3.8, 4) is 0 Å². The molecule has 0 radical (unpaired) electrons. The summed E-state index contributed by atoms with van der Waals surface area (Å²) in [4.78, 5) is 34.6. The van der Waals surface area contributed by atoms with Crippen molar-refractivity contribution in [3.63, 3.8) is 0 Å². The van der Waals surface area contributed by atoms with Gasteiger partial charge >= 0.3 is 0 Å². The average Bonchev–Trinajstić information content (AvgIpc) is 2.70. The lowest BCUT2D eigenvalue weighted by Crippen LogP contribution is -2.33. The molecule has 2 aromatic carbocycles. The van der Waals surface area contributed by atoms with Gasteiger partial charge in [0, 0.05) is 37.7 Å². The lowest BCUT2D eigenvalue weighted by molar-refractivity contribution is -0.384. The van der Waals surface area contributed by atoms with Crippen LogP contribution in [0.15, 0.2) is 48.5 Å². The van der Waals surface area contributed by atoms with Crippen molar-refractivity contribution in [2.75, 3.05) is 25.0 Å². The first-order valence-corrected chi connectivity index (χ1v) is 9.81. The molecule has 0 aliphatic heterocycles. The van der Waals surface area contributed by atoms with Gasteiger partial charge in [0.25, 0.3) is 11.6 Å². The molecule has 0 atom stereocenters. The molecule has 30 heavy (non-hydrogen) atoms. The summed E-state index contributed by atoms with van der Waals surface area (Å²) in [6.45, 7) is 7.21. The predicted octanol–water partition coefficient (Wildman–Crippen LogP) is 3.24. The van der Waals surface area contributed by atoms with E-state index in [1.165, 1.54) is 6.07 Å². The number of nitrogens with one attached hydrogen (secondary N) is 3. The highest BCUT2D eigenvalue weighted by Gasteiger charge is 2.14. The van der Waals surface area contributed by atoms with Gasteiger partial charge in [0.2, 0.25) is 5.91 Å². The Labute approximate surface area is 176 Å². The zero-order valence-corrected chi connectivity index (χ0v) is 17.5. The topological polar surface area (TPSA) is 113 Å². The van der Waals surface area contributed by atoms with Gasteiger partial charge in [0.1, 0.15) is 5.69 Å². The first kappa shape index (κ1) is 22.9. The van der Waals surface area contributed by atoms with Gasteiger partial charge in [0.15, 0.2) is 0 Å². The number of hydrogen-bond acceptors (Lipinski definition) is 5. The quantitative estimate of drug-likeness (QED) is 0.332. The highest BCUT2D eigenvalue weighted by atomic mass is 16.6. The number of hydrogen-bond donors (Lipinski definition) is 3. The van der Waals surface area contributed by atoms with Gasteiger partial charge in [-0.2, -0.15) is 0 Å². The summed E-state index contributed by atoms with van der Waals surface area (Å²) in [6, 6.07) is 13.8. The second-order valence-corrected chi connectivity index (χ2v) is 7.88. The van der Waals surface area contributed by atoms with Crippen LogP contribution in [0.5, 0.6) is 0 Å². The molecule has 0 aliphatic rings. The Kier molecular flexibility index (Phi) is 7.91. The van der Waals surface area contributed by atoms with Crippen molar-refractivity contribution in [1.82, 2.24) is 10.6 Å². The third-order valence-corrected chi connectivity index (χ3v) is 4.51. The first-order valence-electron chi connectivity index (χ1n) is 9.81. The van der Waals surface area contributed by atoms with E-state index in [1.54, 1.807) is 30.3 Å². The van der Waals surface area contributed by atoms with Crippen LogP contribution in [0.3, 0.4) is 0 Å². The number of nitrogens with zero attached hydrogens (tertiary/aromatic N) is 1. The maximum absolute atomic E-state index is 12.2. The molecular formula is C22H28N4O4. The van der Waals surface area contributed by atoms with E-state index in [-0.39, 0.29) is 35.9 Å². The average molecular weight is 412 g/mol. The molecule has 0 saturated carbocycles. The second kappa shape index (κ2) is 10.4. The molecule has 3 N–H and O–H groups in total. The molecule has 0 saturated heterocycles. The zero-order valence-electron chi connectivity index (χ0n) is 17.5. The van der Waals surface area contributed by atoms with Crippen LogP contribution in [0.4, 0.5) is 11.4 Å². The van der Waals surface area contributed by atoms with Crippen LogP contribution in [0.1, 0.15) is 43.1 Å². The SMILES string of the molecule is CC(C)(C)c1ccc(C(=O)NCCC(=O)NCCNc2ccccc2[N+](=O)[O-])cc1. The van der Waals surface area contributed by atoms with E-state index < -0.39 is 4.92 Å². The highest BCUT2D eigenvalue weighted by molar-refractivity contribution is 5.94. The number of amides is 2. The number of nitro groups is 1. The van der Waals surface area contributed by atoms with Crippen LogP contribution < -0.4 is 16.0 Å². The highest BCUT2D eigenvalue weighted by Crippen LogP contribution is 2.23. The van der Waals surface area contributed by atoms with E-state index in [0.29, 0.717) is 24.3 Å². The molecule has 0 unspecified atom stereocenters. The van der Waals surface area contributed by atoms with E-state index in [4.69, 9.17) is 0 Å². The first-order chi connectivity index (χ1) is 14.2. The van der Waals surface area contributed by atoms with Crippen LogP contribution in [-0.4, -0.2) is 36.4 Å².